The molecule has 0 amide bonds. The summed E-state index contributed by atoms with van der Waals surface area (Å²) in [5.41, 5.74) is 4.59. The Morgan fingerprint density at radius 2 is 1.33 bits per heavy atom. The smallest absolute Gasteiger partial charge is 0 e. The molecule has 0 bridgehead atoms. The van der Waals surface area contributed by atoms with Crippen LogP contribution in [0.5, 0.6) is 0 Å². The number of hydrogen-bond donors (Lipinski definition) is 0. The Hall–Kier alpha value is -0.950. The molecule has 0 heterocycles. The van der Waals surface area contributed by atoms with Crippen LogP contribution in [-0.4, -0.2) is 0 Å². The van der Waals surface area contributed by atoms with Gasteiger partial charge in [-0.3, -0.25) is 0 Å². The standard InChI is InChI=1S/C13H13.C5H5.C2H5.6CH3.Hf/c1-9-5-6-12-7-10-3-2-4-11(10)8-13(9)12;1-2-4-5-3-1;1-2;;;;;;;/h5-8H,2-4H2,1H3;1-5H;1H2,2H3;6*1H3;/q9*-1;. The summed E-state index contributed by atoms with van der Waals surface area (Å²) >= 11 is 0. The molecule has 0 fully saturated rings. The van der Waals surface area contributed by atoms with Crippen LogP contribution in [0.4, 0.5) is 0 Å². The van der Waals surface area contributed by atoms with Crippen molar-refractivity contribution in [2.45, 2.75) is 33.1 Å². The van der Waals surface area contributed by atoms with Crippen LogP contribution < -0.4 is 0 Å². The Labute approximate surface area is 191 Å². The van der Waals surface area contributed by atoms with Crippen molar-refractivity contribution in [1.82, 2.24) is 0 Å². The first-order valence-corrected chi connectivity index (χ1v) is 7.40. The average Bonchev–Trinajstić information content (AvgIpc) is 3.22. The van der Waals surface area contributed by atoms with E-state index in [1.165, 1.54) is 35.6 Å². The second kappa shape index (κ2) is 21.4. The molecule has 158 valence electrons. The Morgan fingerprint density at radius 1 is 0.852 bits per heavy atom. The van der Waals surface area contributed by atoms with Crippen LogP contribution in [0.25, 0.3) is 10.8 Å². The normalized spacial score (nSPS) is 9.00. The van der Waals surface area contributed by atoms with E-state index in [0.29, 0.717) is 0 Å². The van der Waals surface area contributed by atoms with Crippen LogP contribution >= 0.6 is 0 Å². The molecule has 1 aliphatic carbocycles. The van der Waals surface area contributed by atoms with Gasteiger partial charge in [-0.05, 0) is 19.3 Å². The molecule has 0 aromatic heterocycles. The van der Waals surface area contributed by atoms with E-state index in [0.717, 1.165) is 0 Å². The minimum atomic E-state index is 0. The Morgan fingerprint density at radius 3 is 1.78 bits per heavy atom. The van der Waals surface area contributed by atoms with Crippen LogP contribution in [0.15, 0.2) is 54.6 Å². The van der Waals surface area contributed by atoms with Gasteiger partial charge in [0.15, 0.2) is 0 Å². The van der Waals surface area contributed by atoms with Gasteiger partial charge in [-0.2, -0.15) is 37.3 Å². The fourth-order valence-electron chi connectivity index (χ4n) is 2.75. The number of hydrogen-bond acceptors (Lipinski definition) is 0. The molecule has 0 spiro atoms. The third kappa shape index (κ3) is 10.8. The molecule has 3 aromatic rings. The molecule has 0 radical (unpaired) electrons. The van der Waals surface area contributed by atoms with E-state index in [-0.39, 0.29) is 70.4 Å². The summed E-state index contributed by atoms with van der Waals surface area (Å²) < 4.78 is 0. The first kappa shape index (κ1) is 40.7. The van der Waals surface area contributed by atoms with Gasteiger partial charge in [0.2, 0.25) is 0 Å². The van der Waals surface area contributed by atoms with E-state index in [2.05, 4.69) is 38.1 Å². The number of rotatable bonds is 0. The molecular formula is C26H41Hf-9. The number of fused-ring (bicyclic) bond motifs is 2. The monoisotopic (exact) mass is 533 g/mol. The fraction of sp³-hybridized carbons (Fsp3) is 0.192. The van der Waals surface area contributed by atoms with E-state index in [1.54, 1.807) is 18.1 Å². The topological polar surface area (TPSA) is 0 Å². The van der Waals surface area contributed by atoms with E-state index < -0.39 is 0 Å². The fourth-order valence-corrected chi connectivity index (χ4v) is 2.75. The third-order valence-corrected chi connectivity index (χ3v) is 3.76. The molecular weight excluding hydrogens is 491 g/mol. The second-order valence-corrected chi connectivity index (χ2v) is 5.04. The van der Waals surface area contributed by atoms with Gasteiger partial charge < -0.3 is 51.5 Å². The summed E-state index contributed by atoms with van der Waals surface area (Å²) in [6.45, 7) is 7.20. The molecule has 27 heavy (non-hydrogen) atoms. The van der Waals surface area contributed by atoms with Gasteiger partial charge in [0.05, 0.1) is 0 Å². The second-order valence-electron chi connectivity index (χ2n) is 5.04. The van der Waals surface area contributed by atoms with Crippen LogP contribution in [0.1, 0.15) is 30.0 Å². The maximum Gasteiger partial charge on any atom is 0 e. The van der Waals surface area contributed by atoms with Crippen molar-refractivity contribution in [3.63, 3.8) is 0 Å². The van der Waals surface area contributed by atoms with Crippen LogP contribution in [0.2, 0.25) is 0 Å². The summed E-state index contributed by atoms with van der Waals surface area (Å²) in [5.74, 6) is 0. The van der Waals surface area contributed by atoms with E-state index in [1.807, 2.05) is 30.3 Å². The zero-order valence-corrected chi connectivity index (χ0v) is 22.6. The molecule has 1 heteroatoms. The van der Waals surface area contributed by atoms with Crippen molar-refractivity contribution in [1.29, 1.82) is 0 Å². The average molecular weight is 532 g/mol. The molecule has 0 unspecified atom stereocenters. The minimum absolute atomic E-state index is 0. The maximum absolute atomic E-state index is 3.25. The largest absolute Gasteiger partial charge is 0.358 e. The summed E-state index contributed by atoms with van der Waals surface area (Å²) in [6.07, 6.45) is 3.92. The predicted octanol–water partition coefficient (Wildman–Crippen LogP) is 8.30. The van der Waals surface area contributed by atoms with Gasteiger partial charge in [0.1, 0.15) is 0 Å². The number of benzene rings is 1. The predicted molar refractivity (Wildman–Crippen MR) is 128 cm³/mol. The summed E-state index contributed by atoms with van der Waals surface area (Å²) in [5, 5.41) is 2.89. The van der Waals surface area contributed by atoms with E-state index >= 15 is 0 Å². The van der Waals surface area contributed by atoms with E-state index in [4.69, 9.17) is 0 Å². The van der Waals surface area contributed by atoms with Gasteiger partial charge in [0.25, 0.3) is 0 Å². The quantitative estimate of drug-likeness (QED) is 0.202. The van der Waals surface area contributed by atoms with Crippen LogP contribution in [-0.2, 0) is 38.7 Å². The Bertz CT molecular complexity index is 612. The van der Waals surface area contributed by atoms with Gasteiger partial charge in [-0.15, -0.1) is 28.5 Å². The molecule has 0 saturated carbocycles. The molecule has 0 saturated heterocycles. The molecule has 3 aromatic carbocycles. The van der Waals surface area contributed by atoms with Gasteiger partial charge >= 0.3 is 0 Å². The maximum atomic E-state index is 3.25. The molecule has 0 nitrogen and oxygen atoms in total. The van der Waals surface area contributed by atoms with Gasteiger partial charge in [0, 0.05) is 25.8 Å². The first-order valence-electron chi connectivity index (χ1n) is 7.40. The van der Waals surface area contributed by atoms with Crippen molar-refractivity contribution in [2.24, 2.45) is 0 Å². The van der Waals surface area contributed by atoms with Crippen molar-refractivity contribution in [2.75, 3.05) is 0 Å². The Kier molecular flexibility index (Phi) is 32.2. The molecule has 1 aliphatic rings. The van der Waals surface area contributed by atoms with Crippen LogP contribution in [0, 0.1) is 58.4 Å². The van der Waals surface area contributed by atoms with Gasteiger partial charge in [-0.1, -0.05) is 18.1 Å². The summed E-state index contributed by atoms with van der Waals surface area (Å²) in [7, 11) is 0. The number of aryl methyl sites for hydroxylation is 3. The minimum Gasteiger partial charge on any atom is -0.358 e. The van der Waals surface area contributed by atoms with Crippen molar-refractivity contribution < 1.29 is 25.8 Å². The summed E-state index contributed by atoms with van der Waals surface area (Å²) in [4.78, 5) is 0. The molecule has 4 rings (SSSR count). The Balaban J connectivity index is -0.0000000703. The zero-order chi connectivity index (χ0) is 14.4. The molecule has 0 N–H and O–H groups in total. The van der Waals surface area contributed by atoms with Crippen molar-refractivity contribution in [3.05, 3.63) is 123 Å². The summed E-state index contributed by atoms with van der Waals surface area (Å²) in [6, 6.07) is 19.2. The van der Waals surface area contributed by atoms with Gasteiger partial charge in [-0.25, -0.2) is 12.1 Å². The van der Waals surface area contributed by atoms with Crippen molar-refractivity contribution in [3.8, 4) is 0 Å². The zero-order valence-electron chi connectivity index (χ0n) is 19.0. The van der Waals surface area contributed by atoms with E-state index in [9.17, 15) is 0 Å². The van der Waals surface area contributed by atoms with Crippen LogP contribution in [0.3, 0.4) is 0 Å². The SMILES string of the molecule is C[c-]1ccc2cc3c(cc21)CCC3.[CH2-]C.[CH3-].[CH3-].[CH3-].[CH3-].[CH3-].[CH3-].[Hf].c1cc[cH-]c1. The molecule has 0 atom stereocenters. The third-order valence-electron chi connectivity index (χ3n) is 3.76. The van der Waals surface area contributed by atoms with Crippen molar-refractivity contribution >= 4 is 10.8 Å². The first-order chi connectivity index (χ1) is 9.84. The molecule has 0 aliphatic heterocycles.